The number of rotatable bonds is 4. The Bertz CT molecular complexity index is 585. The highest BCUT2D eigenvalue weighted by Crippen LogP contribution is 2.25. The number of hydrogen-bond donors (Lipinski definition) is 2. The molecule has 0 saturated carbocycles. The number of nitrogens with zero attached hydrogens (tertiary/aromatic N) is 3. The Labute approximate surface area is 114 Å². The van der Waals surface area contributed by atoms with Crippen LogP contribution >= 0.6 is 11.5 Å². The van der Waals surface area contributed by atoms with Gasteiger partial charge in [0.2, 0.25) is 0 Å². The molecule has 1 aromatic heterocycles. The predicted molar refractivity (Wildman–Crippen MR) is 74.3 cm³/mol. The Balaban J connectivity index is 2.39. The van der Waals surface area contributed by atoms with Crippen molar-refractivity contribution in [2.24, 2.45) is 0 Å². The van der Waals surface area contributed by atoms with Gasteiger partial charge in [-0.25, -0.2) is 0 Å². The van der Waals surface area contributed by atoms with Crippen molar-refractivity contribution in [3.05, 3.63) is 34.8 Å². The number of hydrogen-bond acceptors (Lipinski definition) is 6. The Morgan fingerprint density at radius 1 is 1.47 bits per heavy atom. The van der Waals surface area contributed by atoms with Crippen LogP contribution in [0.1, 0.15) is 15.4 Å². The van der Waals surface area contributed by atoms with E-state index in [0.29, 0.717) is 21.9 Å². The van der Waals surface area contributed by atoms with Crippen LogP contribution in [0.4, 0.5) is 11.4 Å². The number of nitrogens with two attached hydrogens (primary N) is 1. The quantitative estimate of drug-likeness (QED) is 0.816. The third-order valence-electron chi connectivity index (χ3n) is 2.64. The van der Waals surface area contributed by atoms with Crippen LogP contribution in [-0.2, 0) is 0 Å². The van der Waals surface area contributed by atoms with Gasteiger partial charge in [0.05, 0.1) is 23.7 Å². The first-order valence-corrected chi connectivity index (χ1v) is 6.48. The van der Waals surface area contributed by atoms with Crippen LogP contribution in [0.25, 0.3) is 0 Å². The lowest BCUT2D eigenvalue weighted by Crippen LogP contribution is -2.34. The monoisotopic (exact) mass is 278 g/mol. The summed E-state index contributed by atoms with van der Waals surface area (Å²) < 4.78 is 3.75. The number of nitrogen functional groups attached to an aromatic ring is 1. The molecule has 6 nitrogen and oxygen atoms in total. The first kappa shape index (κ1) is 13.4. The molecule has 0 bridgehead atoms. The Kier molecular flexibility index (Phi) is 4.08. The summed E-state index contributed by atoms with van der Waals surface area (Å²) in [6, 6.07) is 7.04. The maximum Gasteiger partial charge on any atom is 0.272 e. The van der Waals surface area contributed by atoms with Crippen molar-refractivity contribution in [1.29, 1.82) is 0 Å². The summed E-state index contributed by atoms with van der Waals surface area (Å²) in [4.78, 5) is 14.4. The zero-order valence-electron chi connectivity index (χ0n) is 10.4. The average Bonchev–Trinajstić information content (AvgIpc) is 2.82. The first-order chi connectivity index (χ1) is 9.15. The number of benzene rings is 1. The smallest absolute Gasteiger partial charge is 0.272 e. The molecule has 0 atom stereocenters. The van der Waals surface area contributed by atoms with Gasteiger partial charge in [0.25, 0.3) is 5.91 Å². The summed E-state index contributed by atoms with van der Waals surface area (Å²) in [7, 11) is 0. The van der Waals surface area contributed by atoms with Gasteiger partial charge in [0.1, 0.15) is 4.88 Å². The number of aryl methyl sites for hydroxylation is 1. The van der Waals surface area contributed by atoms with Crippen molar-refractivity contribution >= 4 is 28.8 Å². The van der Waals surface area contributed by atoms with Crippen LogP contribution in [0.3, 0.4) is 0 Å². The predicted octanol–water partition coefficient (Wildman–Crippen LogP) is 1.07. The number of aliphatic hydroxyl groups excluding tert-OH is 1. The second-order valence-corrected chi connectivity index (χ2v) is 4.68. The molecule has 19 heavy (non-hydrogen) atoms. The van der Waals surface area contributed by atoms with Crippen molar-refractivity contribution in [3.8, 4) is 0 Å². The summed E-state index contributed by atoms with van der Waals surface area (Å²) >= 11 is 1.04. The fraction of sp³-hybridized carbons (Fsp3) is 0.250. The molecule has 2 rings (SSSR count). The number of aliphatic hydroxyl groups is 1. The molecular formula is C12H14N4O2S. The van der Waals surface area contributed by atoms with Crippen LogP contribution in [0.2, 0.25) is 0 Å². The van der Waals surface area contributed by atoms with E-state index in [-0.39, 0.29) is 19.1 Å². The summed E-state index contributed by atoms with van der Waals surface area (Å²) in [6.07, 6.45) is 0. The topological polar surface area (TPSA) is 92.3 Å². The van der Waals surface area contributed by atoms with Crippen LogP contribution in [0.15, 0.2) is 24.3 Å². The summed E-state index contributed by atoms with van der Waals surface area (Å²) in [6.45, 7) is 1.75. The van der Waals surface area contributed by atoms with Gasteiger partial charge in [-0.2, -0.15) is 0 Å². The molecule has 0 unspecified atom stereocenters. The van der Waals surface area contributed by atoms with E-state index in [2.05, 4.69) is 9.59 Å². The third kappa shape index (κ3) is 2.72. The minimum absolute atomic E-state index is 0.147. The summed E-state index contributed by atoms with van der Waals surface area (Å²) in [5.41, 5.74) is 7.52. The molecule has 0 aliphatic rings. The average molecular weight is 278 g/mol. The maximum absolute atomic E-state index is 12.5. The van der Waals surface area contributed by atoms with Crippen LogP contribution in [-0.4, -0.2) is 33.8 Å². The number of carbonyl (C=O) groups is 1. The van der Waals surface area contributed by atoms with E-state index >= 15 is 0 Å². The van der Waals surface area contributed by atoms with E-state index in [1.807, 2.05) is 0 Å². The van der Waals surface area contributed by atoms with Gasteiger partial charge in [-0.05, 0) is 30.6 Å². The minimum Gasteiger partial charge on any atom is -0.397 e. The fourth-order valence-corrected chi connectivity index (χ4v) is 2.32. The van der Waals surface area contributed by atoms with E-state index < -0.39 is 0 Å². The van der Waals surface area contributed by atoms with Crippen LogP contribution in [0.5, 0.6) is 0 Å². The number of para-hydroxylation sites is 2. The van der Waals surface area contributed by atoms with Crippen molar-refractivity contribution < 1.29 is 9.90 Å². The van der Waals surface area contributed by atoms with Gasteiger partial charge in [-0.3, -0.25) is 4.79 Å². The molecule has 7 heteroatoms. The standard InChI is InChI=1S/C12H14N4O2S/c1-8-11(19-15-14-8)12(18)16(6-7-17)10-5-3-2-4-9(10)13/h2-5,17H,6-7,13H2,1H3. The van der Waals surface area contributed by atoms with Gasteiger partial charge in [-0.15, -0.1) is 5.10 Å². The lowest BCUT2D eigenvalue weighted by molar-refractivity contribution is 0.0984. The second kappa shape index (κ2) is 5.77. The highest BCUT2D eigenvalue weighted by molar-refractivity contribution is 7.08. The zero-order chi connectivity index (χ0) is 13.8. The molecule has 2 aromatic rings. The molecule has 100 valence electrons. The molecule has 0 fully saturated rings. The molecular weight excluding hydrogens is 264 g/mol. The Morgan fingerprint density at radius 3 is 2.79 bits per heavy atom. The molecule has 0 spiro atoms. The maximum atomic E-state index is 12.5. The summed E-state index contributed by atoms with van der Waals surface area (Å²) in [5.74, 6) is -0.251. The lowest BCUT2D eigenvalue weighted by atomic mass is 10.2. The SMILES string of the molecule is Cc1nnsc1C(=O)N(CCO)c1ccccc1N. The lowest BCUT2D eigenvalue weighted by Gasteiger charge is -2.22. The van der Waals surface area contributed by atoms with E-state index in [4.69, 9.17) is 10.8 Å². The van der Waals surface area contributed by atoms with Gasteiger partial charge in [-0.1, -0.05) is 16.6 Å². The van der Waals surface area contributed by atoms with Gasteiger partial charge in [0, 0.05) is 6.54 Å². The molecule has 1 amide bonds. The third-order valence-corrected chi connectivity index (χ3v) is 3.46. The number of aromatic nitrogens is 2. The normalized spacial score (nSPS) is 10.4. The number of carbonyl (C=O) groups excluding carboxylic acids is 1. The molecule has 1 heterocycles. The van der Waals surface area contributed by atoms with E-state index in [9.17, 15) is 4.79 Å². The number of anilines is 2. The molecule has 0 aliphatic heterocycles. The highest BCUT2D eigenvalue weighted by Gasteiger charge is 2.22. The largest absolute Gasteiger partial charge is 0.397 e. The zero-order valence-corrected chi connectivity index (χ0v) is 11.2. The number of amides is 1. The molecule has 0 aliphatic carbocycles. The minimum atomic E-state index is -0.251. The van der Waals surface area contributed by atoms with E-state index in [1.54, 1.807) is 31.2 Å². The molecule has 1 aromatic carbocycles. The van der Waals surface area contributed by atoms with Gasteiger partial charge in [0.15, 0.2) is 0 Å². The van der Waals surface area contributed by atoms with E-state index in [0.717, 1.165) is 11.5 Å². The molecule has 0 radical (unpaired) electrons. The first-order valence-electron chi connectivity index (χ1n) is 5.71. The Hall–Kier alpha value is -1.99. The van der Waals surface area contributed by atoms with Gasteiger partial charge < -0.3 is 15.7 Å². The molecule has 3 N–H and O–H groups in total. The van der Waals surface area contributed by atoms with Gasteiger partial charge >= 0.3 is 0 Å². The summed E-state index contributed by atoms with van der Waals surface area (Å²) in [5, 5.41) is 13.0. The van der Waals surface area contributed by atoms with Crippen molar-refractivity contribution in [3.63, 3.8) is 0 Å². The second-order valence-electron chi connectivity index (χ2n) is 3.93. The van der Waals surface area contributed by atoms with E-state index in [1.165, 1.54) is 4.90 Å². The molecule has 0 saturated heterocycles. The highest BCUT2D eigenvalue weighted by atomic mass is 32.1. The van der Waals surface area contributed by atoms with Crippen molar-refractivity contribution in [2.75, 3.05) is 23.8 Å². The Morgan fingerprint density at radius 2 is 2.21 bits per heavy atom. The fourth-order valence-electron chi connectivity index (χ4n) is 1.72. The van der Waals surface area contributed by atoms with Crippen LogP contribution in [0, 0.1) is 6.92 Å². The van der Waals surface area contributed by atoms with Crippen LogP contribution < -0.4 is 10.6 Å². The van der Waals surface area contributed by atoms with Crippen molar-refractivity contribution in [1.82, 2.24) is 9.59 Å². The van der Waals surface area contributed by atoms with Crippen molar-refractivity contribution in [2.45, 2.75) is 6.92 Å².